The minimum Gasteiger partial charge on any atom is -0.465 e. The highest BCUT2D eigenvalue weighted by Crippen LogP contribution is 2.31. The molecular formula is C18H18N4O6. The fraction of sp³-hybridized carbons (Fsp3) is 0.278. The van der Waals surface area contributed by atoms with Gasteiger partial charge in [-0.3, -0.25) is 20.2 Å². The van der Waals surface area contributed by atoms with Crippen LogP contribution in [0.4, 0.5) is 22.7 Å². The van der Waals surface area contributed by atoms with Gasteiger partial charge in [-0.15, -0.1) is 0 Å². The zero-order valence-electron chi connectivity index (χ0n) is 15.1. The maximum Gasteiger partial charge on any atom is 0.337 e. The van der Waals surface area contributed by atoms with Crippen LogP contribution >= 0.6 is 0 Å². The van der Waals surface area contributed by atoms with Crippen molar-refractivity contribution in [3.8, 4) is 0 Å². The van der Waals surface area contributed by atoms with Crippen molar-refractivity contribution in [3.05, 3.63) is 68.3 Å². The number of carbonyl (C=O) groups is 1. The van der Waals surface area contributed by atoms with Crippen molar-refractivity contribution in [3.63, 3.8) is 0 Å². The molecule has 1 heterocycles. The number of rotatable bonds is 5. The van der Waals surface area contributed by atoms with Crippen molar-refractivity contribution in [2.45, 2.75) is 0 Å². The second-order valence-corrected chi connectivity index (χ2v) is 6.20. The van der Waals surface area contributed by atoms with Crippen molar-refractivity contribution in [2.24, 2.45) is 0 Å². The molecule has 2 aromatic rings. The van der Waals surface area contributed by atoms with Crippen LogP contribution in [0.2, 0.25) is 0 Å². The van der Waals surface area contributed by atoms with Gasteiger partial charge in [0.1, 0.15) is 5.69 Å². The van der Waals surface area contributed by atoms with Crippen molar-refractivity contribution >= 4 is 28.7 Å². The average molecular weight is 386 g/mol. The van der Waals surface area contributed by atoms with E-state index in [0.717, 1.165) is 5.69 Å². The number of anilines is 2. The predicted octanol–water partition coefficient (Wildman–Crippen LogP) is 2.62. The quantitative estimate of drug-likeness (QED) is 0.437. The molecule has 10 nitrogen and oxygen atoms in total. The van der Waals surface area contributed by atoms with Crippen molar-refractivity contribution in [1.82, 2.24) is 0 Å². The minimum atomic E-state index is -0.555. The Balaban J connectivity index is 1.77. The van der Waals surface area contributed by atoms with Gasteiger partial charge in [0.05, 0.1) is 22.5 Å². The van der Waals surface area contributed by atoms with E-state index in [1.54, 1.807) is 12.1 Å². The smallest absolute Gasteiger partial charge is 0.337 e. The number of ether oxygens (including phenoxy) is 1. The number of nitro benzene ring substituents is 2. The van der Waals surface area contributed by atoms with Crippen LogP contribution in [0.3, 0.4) is 0 Å². The van der Waals surface area contributed by atoms with Gasteiger partial charge >= 0.3 is 5.97 Å². The molecule has 0 N–H and O–H groups in total. The Labute approximate surface area is 160 Å². The molecule has 1 aliphatic rings. The second-order valence-electron chi connectivity index (χ2n) is 6.20. The number of hydrogen-bond acceptors (Lipinski definition) is 8. The van der Waals surface area contributed by atoms with Gasteiger partial charge in [0, 0.05) is 50.1 Å². The summed E-state index contributed by atoms with van der Waals surface area (Å²) in [5, 5.41) is 22.2. The third-order valence-corrected chi connectivity index (χ3v) is 4.64. The molecule has 3 rings (SSSR count). The van der Waals surface area contributed by atoms with Gasteiger partial charge in [-0.1, -0.05) is 0 Å². The number of hydrogen-bond donors (Lipinski definition) is 0. The summed E-state index contributed by atoms with van der Waals surface area (Å²) in [5.41, 5.74) is 1.43. The molecule has 0 amide bonds. The zero-order valence-corrected chi connectivity index (χ0v) is 15.1. The fourth-order valence-electron chi connectivity index (χ4n) is 3.17. The summed E-state index contributed by atoms with van der Waals surface area (Å²) in [6.45, 7) is 2.17. The van der Waals surface area contributed by atoms with E-state index in [2.05, 4.69) is 4.90 Å². The Bertz CT molecular complexity index is 907. The summed E-state index contributed by atoms with van der Waals surface area (Å²) >= 11 is 0. The van der Waals surface area contributed by atoms with Crippen molar-refractivity contribution in [1.29, 1.82) is 0 Å². The van der Waals surface area contributed by atoms with Crippen LogP contribution < -0.4 is 9.80 Å². The molecule has 0 aromatic heterocycles. The molecule has 146 valence electrons. The zero-order chi connectivity index (χ0) is 20.3. The Hall–Kier alpha value is -3.69. The van der Waals surface area contributed by atoms with E-state index >= 15 is 0 Å². The van der Waals surface area contributed by atoms with E-state index in [4.69, 9.17) is 4.74 Å². The molecule has 10 heteroatoms. The molecule has 28 heavy (non-hydrogen) atoms. The molecule has 0 radical (unpaired) electrons. The molecular weight excluding hydrogens is 368 g/mol. The molecule has 0 aliphatic carbocycles. The summed E-state index contributed by atoms with van der Waals surface area (Å²) < 4.78 is 4.70. The lowest BCUT2D eigenvalue weighted by Crippen LogP contribution is -2.46. The molecule has 1 aliphatic heterocycles. The maximum atomic E-state index is 11.8. The monoisotopic (exact) mass is 386 g/mol. The largest absolute Gasteiger partial charge is 0.465 e. The fourth-order valence-corrected chi connectivity index (χ4v) is 3.17. The van der Waals surface area contributed by atoms with E-state index in [0.29, 0.717) is 31.9 Å². The number of benzene rings is 2. The van der Waals surface area contributed by atoms with Crippen LogP contribution in [-0.2, 0) is 4.74 Å². The Morgan fingerprint density at radius 2 is 1.54 bits per heavy atom. The Morgan fingerprint density at radius 1 is 0.929 bits per heavy atom. The highest BCUT2D eigenvalue weighted by molar-refractivity contribution is 5.91. The van der Waals surface area contributed by atoms with Crippen LogP contribution in [0.1, 0.15) is 10.4 Å². The summed E-state index contributed by atoms with van der Waals surface area (Å²) in [6.07, 6.45) is 0. The van der Waals surface area contributed by atoms with E-state index in [1.807, 2.05) is 4.90 Å². The first kappa shape index (κ1) is 19.1. The molecule has 1 fully saturated rings. The first-order valence-electron chi connectivity index (χ1n) is 8.52. The lowest BCUT2D eigenvalue weighted by Gasteiger charge is -2.37. The number of nitro groups is 2. The maximum absolute atomic E-state index is 11.8. The first-order valence-corrected chi connectivity index (χ1v) is 8.52. The van der Waals surface area contributed by atoms with E-state index in [9.17, 15) is 25.0 Å². The molecule has 0 saturated carbocycles. The summed E-state index contributed by atoms with van der Waals surface area (Å²) in [6, 6.07) is 10.4. The second kappa shape index (κ2) is 7.91. The molecule has 2 aromatic carbocycles. The SMILES string of the molecule is COC(=O)c1ccc([N+](=O)[O-])c(N2CCN(c3ccc([N+](=O)[O-])cc3)CC2)c1. The number of nitrogens with zero attached hydrogens (tertiary/aromatic N) is 4. The lowest BCUT2D eigenvalue weighted by molar-refractivity contribution is -0.384. The number of non-ortho nitro benzene ring substituents is 1. The Kier molecular flexibility index (Phi) is 5.39. The van der Waals surface area contributed by atoms with Crippen LogP contribution in [0.5, 0.6) is 0 Å². The third kappa shape index (κ3) is 3.85. The van der Waals surface area contributed by atoms with Crippen LogP contribution in [0.15, 0.2) is 42.5 Å². The molecule has 0 spiro atoms. The standard InChI is InChI=1S/C18H18N4O6/c1-28-18(23)13-2-7-16(22(26)27)17(12-13)20-10-8-19(9-11-20)14-3-5-15(6-4-14)21(24)25/h2-7,12H,8-11H2,1H3. The topological polar surface area (TPSA) is 119 Å². The van der Waals surface area contributed by atoms with Gasteiger partial charge in [0.25, 0.3) is 11.4 Å². The highest BCUT2D eigenvalue weighted by Gasteiger charge is 2.25. The van der Waals surface area contributed by atoms with Crippen molar-refractivity contribution < 1.29 is 19.4 Å². The summed E-state index contributed by atoms with van der Waals surface area (Å²) in [5.74, 6) is -0.555. The van der Waals surface area contributed by atoms with E-state index in [1.165, 1.54) is 37.4 Å². The molecule has 0 unspecified atom stereocenters. The van der Waals surface area contributed by atoms with Crippen LogP contribution in [0.25, 0.3) is 0 Å². The average Bonchev–Trinajstić information content (AvgIpc) is 2.72. The van der Waals surface area contributed by atoms with Gasteiger partial charge < -0.3 is 14.5 Å². The molecule has 1 saturated heterocycles. The lowest BCUT2D eigenvalue weighted by atomic mass is 10.1. The summed E-state index contributed by atoms with van der Waals surface area (Å²) in [4.78, 5) is 36.9. The van der Waals surface area contributed by atoms with Gasteiger partial charge in [-0.25, -0.2) is 4.79 Å². The van der Waals surface area contributed by atoms with Gasteiger partial charge in [-0.05, 0) is 24.3 Å². The highest BCUT2D eigenvalue weighted by atomic mass is 16.6. The number of carbonyl (C=O) groups excluding carboxylic acids is 1. The minimum absolute atomic E-state index is 0.0256. The normalized spacial score (nSPS) is 13.9. The van der Waals surface area contributed by atoms with Gasteiger partial charge in [0.2, 0.25) is 0 Å². The van der Waals surface area contributed by atoms with E-state index < -0.39 is 15.8 Å². The van der Waals surface area contributed by atoms with Gasteiger partial charge in [-0.2, -0.15) is 0 Å². The first-order chi connectivity index (χ1) is 13.4. The third-order valence-electron chi connectivity index (χ3n) is 4.64. The summed E-state index contributed by atoms with van der Waals surface area (Å²) in [7, 11) is 1.26. The number of piperazine rings is 1. The van der Waals surface area contributed by atoms with Crippen LogP contribution in [0, 0.1) is 20.2 Å². The van der Waals surface area contributed by atoms with Crippen molar-refractivity contribution in [2.75, 3.05) is 43.1 Å². The molecule has 0 atom stereocenters. The van der Waals surface area contributed by atoms with Gasteiger partial charge in [0.15, 0.2) is 0 Å². The van der Waals surface area contributed by atoms with Crippen LogP contribution in [-0.4, -0.2) is 49.1 Å². The predicted molar refractivity (Wildman–Crippen MR) is 102 cm³/mol. The van der Waals surface area contributed by atoms with E-state index in [-0.39, 0.29) is 16.9 Å². The number of methoxy groups -OCH3 is 1. The Morgan fingerprint density at radius 3 is 2.07 bits per heavy atom. The number of esters is 1. The molecule has 0 bridgehead atoms.